The van der Waals surface area contributed by atoms with E-state index in [0.717, 1.165) is 29.0 Å². The molecule has 0 radical (unpaired) electrons. The van der Waals surface area contributed by atoms with Gasteiger partial charge in [0.1, 0.15) is 0 Å². The molecule has 0 aliphatic rings. The van der Waals surface area contributed by atoms with E-state index in [-0.39, 0.29) is 6.04 Å². The zero-order chi connectivity index (χ0) is 13.8. The highest BCUT2D eigenvalue weighted by Crippen LogP contribution is 2.26. The number of benzene rings is 1. The second-order valence-corrected chi connectivity index (χ2v) is 6.31. The minimum atomic E-state index is 0.0986. The van der Waals surface area contributed by atoms with E-state index in [1.807, 2.05) is 30.4 Å². The number of hydrogen-bond donors (Lipinski definition) is 2. The second kappa shape index (κ2) is 6.53. The molecule has 1 heterocycles. The molecule has 0 aliphatic heterocycles. The van der Waals surface area contributed by atoms with Crippen LogP contribution in [0.1, 0.15) is 33.8 Å². The van der Waals surface area contributed by atoms with Crippen molar-refractivity contribution in [2.75, 3.05) is 0 Å². The van der Waals surface area contributed by atoms with Crippen LogP contribution < -0.4 is 11.3 Å². The Kier molecular flexibility index (Phi) is 4.99. The summed E-state index contributed by atoms with van der Waals surface area (Å²) in [6, 6.07) is 10.6. The van der Waals surface area contributed by atoms with Crippen LogP contribution in [0.5, 0.6) is 0 Å². The van der Waals surface area contributed by atoms with Crippen molar-refractivity contribution in [1.82, 2.24) is 5.43 Å². The van der Waals surface area contributed by atoms with E-state index >= 15 is 0 Å². The first kappa shape index (κ1) is 14.5. The molecule has 0 amide bonds. The van der Waals surface area contributed by atoms with Gasteiger partial charge in [-0.05, 0) is 42.7 Å². The molecular formula is C15H19ClN2S. The highest BCUT2D eigenvalue weighted by Gasteiger charge is 2.13. The van der Waals surface area contributed by atoms with Crippen LogP contribution in [-0.2, 0) is 12.8 Å². The average Bonchev–Trinajstić information content (AvgIpc) is 2.87. The van der Waals surface area contributed by atoms with Crippen molar-refractivity contribution in [2.24, 2.45) is 5.84 Å². The van der Waals surface area contributed by atoms with Crippen LogP contribution in [0.25, 0.3) is 0 Å². The predicted molar refractivity (Wildman–Crippen MR) is 83.7 cm³/mol. The number of hydrazine groups is 1. The summed E-state index contributed by atoms with van der Waals surface area (Å²) in [7, 11) is 0. The van der Waals surface area contributed by atoms with E-state index in [4.69, 9.17) is 17.4 Å². The third-order valence-electron chi connectivity index (χ3n) is 3.27. The second-order valence-electron chi connectivity index (χ2n) is 4.65. The lowest BCUT2D eigenvalue weighted by atomic mass is 10.0. The topological polar surface area (TPSA) is 38.0 Å². The van der Waals surface area contributed by atoms with Crippen LogP contribution in [0, 0.1) is 6.92 Å². The van der Waals surface area contributed by atoms with Gasteiger partial charge in [0.15, 0.2) is 0 Å². The fourth-order valence-electron chi connectivity index (χ4n) is 2.02. The highest BCUT2D eigenvalue weighted by atomic mass is 35.5. The minimum absolute atomic E-state index is 0.0986. The molecule has 0 saturated carbocycles. The summed E-state index contributed by atoms with van der Waals surface area (Å²) >= 11 is 8.03. The summed E-state index contributed by atoms with van der Waals surface area (Å²) in [6.45, 7) is 4.18. The number of aryl methyl sites for hydroxylation is 2. The maximum Gasteiger partial charge on any atom is 0.0508 e. The first-order chi connectivity index (χ1) is 9.13. The molecule has 2 aromatic rings. The molecule has 19 heavy (non-hydrogen) atoms. The van der Waals surface area contributed by atoms with Crippen molar-refractivity contribution in [3.8, 4) is 0 Å². The number of rotatable bonds is 5. The Morgan fingerprint density at radius 2 is 2.00 bits per heavy atom. The van der Waals surface area contributed by atoms with Gasteiger partial charge >= 0.3 is 0 Å². The molecule has 102 valence electrons. The standard InChI is InChI=1S/C15H19ClN2S/c1-3-12-6-7-13(19-12)9-15(18-17)11-5-4-10(2)14(16)8-11/h4-8,15,18H,3,9,17H2,1-2H3. The normalized spacial score (nSPS) is 12.6. The van der Waals surface area contributed by atoms with Gasteiger partial charge in [0.25, 0.3) is 0 Å². The van der Waals surface area contributed by atoms with Crippen molar-refractivity contribution < 1.29 is 0 Å². The lowest BCUT2D eigenvalue weighted by molar-refractivity contribution is 0.555. The Hall–Kier alpha value is -0.870. The molecule has 1 aromatic heterocycles. The first-order valence-electron chi connectivity index (χ1n) is 6.43. The van der Waals surface area contributed by atoms with Gasteiger partial charge in [-0.15, -0.1) is 11.3 Å². The Bertz CT molecular complexity index is 551. The van der Waals surface area contributed by atoms with Gasteiger partial charge in [0.05, 0.1) is 6.04 Å². The summed E-state index contributed by atoms with van der Waals surface area (Å²) in [4.78, 5) is 2.75. The number of nitrogens with two attached hydrogens (primary N) is 1. The van der Waals surface area contributed by atoms with E-state index in [9.17, 15) is 0 Å². The third kappa shape index (κ3) is 3.57. The van der Waals surface area contributed by atoms with Gasteiger partial charge in [0.2, 0.25) is 0 Å². The van der Waals surface area contributed by atoms with Crippen molar-refractivity contribution in [1.29, 1.82) is 0 Å². The Morgan fingerprint density at radius 3 is 2.58 bits per heavy atom. The number of nitrogens with one attached hydrogen (secondary N) is 1. The molecule has 2 rings (SSSR count). The third-order valence-corrected chi connectivity index (χ3v) is 4.93. The van der Waals surface area contributed by atoms with Gasteiger partial charge in [-0.3, -0.25) is 11.3 Å². The summed E-state index contributed by atoms with van der Waals surface area (Å²) in [5.41, 5.74) is 5.11. The maximum absolute atomic E-state index is 6.18. The fraction of sp³-hybridized carbons (Fsp3) is 0.333. The summed E-state index contributed by atoms with van der Waals surface area (Å²) in [5.74, 6) is 5.69. The van der Waals surface area contributed by atoms with E-state index in [1.165, 1.54) is 9.75 Å². The zero-order valence-corrected chi connectivity index (χ0v) is 12.8. The van der Waals surface area contributed by atoms with E-state index in [0.29, 0.717) is 0 Å². The average molecular weight is 295 g/mol. The smallest absolute Gasteiger partial charge is 0.0508 e. The molecule has 1 atom stereocenters. The predicted octanol–water partition coefficient (Wildman–Crippen LogP) is 4.02. The number of thiophene rings is 1. The molecule has 0 saturated heterocycles. The van der Waals surface area contributed by atoms with Crippen LogP contribution >= 0.6 is 22.9 Å². The van der Waals surface area contributed by atoms with E-state index < -0.39 is 0 Å². The van der Waals surface area contributed by atoms with Gasteiger partial charge < -0.3 is 0 Å². The lowest BCUT2D eigenvalue weighted by Gasteiger charge is -2.16. The van der Waals surface area contributed by atoms with Crippen molar-refractivity contribution in [3.63, 3.8) is 0 Å². The molecule has 1 unspecified atom stereocenters. The van der Waals surface area contributed by atoms with Crippen LogP contribution in [0.4, 0.5) is 0 Å². The van der Waals surface area contributed by atoms with Gasteiger partial charge in [-0.2, -0.15) is 0 Å². The van der Waals surface area contributed by atoms with Gasteiger partial charge in [-0.25, -0.2) is 0 Å². The molecule has 0 fully saturated rings. The molecule has 2 nitrogen and oxygen atoms in total. The van der Waals surface area contributed by atoms with E-state index in [2.05, 4.69) is 30.5 Å². The molecule has 3 N–H and O–H groups in total. The van der Waals surface area contributed by atoms with Gasteiger partial charge in [0, 0.05) is 21.2 Å². The van der Waals surface area contributed by atoms with Crippen molar-refractivity contribution in [3.05, 3.63) is 56.2 Å². The molecule has 0 aliphatic carbocycles. The lowest BCUT2D eigenvalue weighted by Crippen LogP contribution is -2.29. The summed E-state index contributed by atoms with van der Waals surface area (Å²) in [6.07, 6.45) is 1.97. The Morgan fingerprint density at radius 1 is 1.26 bits per heavy atom. The molecule has 0 bridgehead atoms. The minimum Gasteiger partial charge on any atom is -0.271 e. The van der Waals surface area contributed by atoms with Crippen LogP contribution in [0.15, 0.2) is 30.3 Å². The maximum atomic E-state index is 6.18. The molecule has 1 aromatic carbocycles. The molecule has 4 heteroatoms. The molecular weight excluding hydrogens is 276 g/mol. The Labute approximate surface area is 123 Å². The van der Waals surface area contributed by atoms with Gasteiger partial charge in [-0.1, -0.05) is 30.7 Å². The highest BCUT2D eigenvalue weighted by molar-refractivity contribution is 7.11. The summed E-state index contributed by atoms with van der Waals surface area (Å²) < 4.78 is 0. The van der Waals surface area contributed by atoms with Crippen molar-refractivity contribution in [2.45, 2.75) is 32.7 Å². The van der Waals surface area contributed by atoms with Crippen LogP contribution in [0.2, 0.25) is 5.02 Å². The SMILES string of the molecule is CCc1ccc(CC(NN)c2ccc(C)c(Cl)c2)s1. The van der Waals surface area contributed by atoms with Crippen LogP contribution in [-0.4, -0.2) is 0 Å². The molecule has 0 spiro atoms. The summed E-state index contributed by atoms with van der Waals surface area (Å²) in [5, 5.41) is 0.790. The van der Waals surface area contributed by atoms with Crippen LogP contribution in [0.3, 0.4) is 0 Å². The Balaban J connectivity index is 2.17. The van der Waals surface area contributed by atoms with E-state index in [1.54, 1.807) is 0 Å². The number of halogens is 1. The number of hydrogen-bond acceptors (Lipinski definition) is 3. The quantitative estimate of drug-likeness (QED) is 0.646. The first-order valence-corrected chi connectivity index (χ1v) is 7.63. The van der Waals surface area contributed by atoms with Crippen molar-refractivity contribution >= 4 is 22.9 Å². The largest absolute Gasteiger partial charge is 0.271 e. The monoisotopic (exact) mass is 294 g/mol. The zero-order valence-electron chi connectivity index (χ0n) is 11.2. The fourth-order valence-corrected chi connectivity index (χ4v) is 3.21.